The first kappa shape index (κ1) is 15.3. The molecule has 0 saturated carbocycles. The Labute approximate surface area is 143 Å². The van der Waals surface area contributed by atoms with Crippen LogP contribution in [0, 0.1) is 4.77 Å². The first-order valence-electron chi connectivity index (χ1n) is 6.73. The second kappa shape index (κ2) is 6.69. The maximum absolute atomic E-state index is 5.90. The Kier molecular flexibility index (Phi) is 4.66. The summed E-state index contributed by atoms with van der Waals surface area (Å²) >= 11 is 13.1. The van der Waals surface area contributed by atoms with Gasteiger partial charge in [-0.1, -0.05) is 41.9 Å². The smallest absolute Gasteiger partial charge is 0.198 e. The third kappa shape index (κ3) is 3.27. The van der Waals surface area contributed by atoms with Crippen molar-refractivity contribution in [3.63, 3.8) is 0 Å². The zero-order valence-corrected chi connectivity index (χ0v) is 14.3. The van der Waals surface area contributed by atoms with E-state index in [2.05, 4.69) is 5.10 Å². The molecule has 0 fully saturated rings. The summed E-state index contributed by atoms with van der Waals surface area (Å²) in [6, 6.07) is 17.8. The van der Waals surface area contributed by atoms with Crippen molar-refractivity contribution in [1.29, 1.82) is 0 Å². The van der Waals surface area contributed by atoms with Gasteiger partial charge in [0.05, 0.1) is 5.88 Å². The van der Waals surface area contributed by atoms with Crippen LogP contribution in [0.3, 0.4) is 0 Å². The number of hydrogen-bond acceptors (Lipinski definition) is 3. The Morgan fingerprint density at radius 2 is 1.77 bits per heavy atom. The van der Waals surface area contributed by atoms with Crippen molar-refractivity contribution < 1.29 is 0 Å². The van der Waals surface area contributed by atoms with Crippen LogP contribution in [0.25, 0.3) is 11.4 Å². The predicted molar refractivity (Wildman–Crippen MR) is 94.8 cm³/mol. The van der Waals surface area contributed by atoms with E-state index >= 15 is 0 Å². The molecule has 3 rings (SSSR count). The third-order valence-electron chi connectivity index (χ3n) is 3.24. The van der Waals surface area contributed by atoms with Crippen LogP contribution in [-0.2, 0) is 12.9 Å². The summed E-state index contributed by atoms with van der Waals surface area (Å²) in [5.74, 6) is 1.54. The number of rotatable bonds is 4. The molecule has 0 saturated heterocycles. The molecule has 0 aliphatic carbocycles. The summed E-state index contributed by atoms with van der Waals surface area (Å²) < 4.78 is 4.49. The Morgan fingerprint density at radius 1 is 1.09 bits per heavy atom. The lowest BCUT2D eigenvalue weighted by molar-refractivity contribution is 0.726. The van der Waals surface area contributed by atoms with E-state index in [1.807, 2.05) is 70.9 Å². The van der Waals surface area contributed by atoms with Gasteiger partial charge < -0.3 is 4.57 Å². The topological polar surface area (TPSA) is 22.8 Å². The first-order chi connectivity index (χ1) is 10.6. The van der Waals surface area contributed by atoms with Gasteiger partial charge >= 0.3 is 0 Å². The summed E-state index contributed by atoms with van der Waals surface area (Å²) in [7, 11) is 1.95. The molecule has 0 radical (unpaired) electrons. The van der Waals surface area contributed by atoms with Crippen LogP contribution in [0.4, 0.5) is 0 Å². The second-order valence-corrected chi connectivity index (χ2v) is 6.58. The van der Waals surface area contributed by atoms with Crippen molar-refractivity contribution >= 4 is 35.6 Å². The molecule has 3 nitrogen and oxygen atoms in total. The normalized spacial score (nSPS) is 10.8. The third-order valence-corrected chi connectivity index (χ3v) is 4.96. The minimum atomic E-state index is 0.668. The average Bonchev–Trinajstić information content (AvgIpc) is 2.83. The van der Waals surface area contributed by atoms with Gasteiger partial charge in [0.1, 0.15) is 0 Å². The highest BCUT2D eigenvalue weighted by molar-refractivity contribution is 7.98. The van der Waals surface area contributed by atoms with Crippen LogP contribution in [0.5, 0.6) is 0 Å². The molecule has 112 valence electrons. The van der Waals surface area contributed by atoms with Crippen molar-refractivity contribution in [3.05, 3.63) is 64.4 Å². The van der Waals surface area contributed by atoms with E-state index in [-0.39, 0.29) is 0 Å². The van der Waals surface area contributed by atoms with Crippen LogP contribution in [0.2, 0.25) is 5.02 Å². The molecule has 22 heavy (non-hydrogen) atoms. The molecule has 0 unspecified atom stereocenters. The maximum atomic E-state index is 5.90. The first-order valence-corrected chi connectivity index (χ1v) is 8.50. The molecule has 0 N–H and O–H groups in total. The van der Waals surface area contributed by atoms with Crippen LogP contribution in [0.15, 0.2) is 59.5 Å². The summed E-state index contributed by atoms with van der Waals surface area (Å²) in [5, 5.41) is 5.38. The number of benzene rings is 2. The van der Waals surface area contributed by atoms with E-state index in [1.165, 1.54) is 0 Å². The number of thioether (sulfide) groups is 1. The molecule has 0 spiro atoms. The SMILES string of the molecule is Cn1c(-c2ccccc2)nn(CSc2ccc(Cl)cc2)c1=S. The van der Waals surface area contributed by atoms with Gasteiger partial charge in [-0.3, -0.25) is 0 Å². The highest BCUT2D eigenvalue weighted by Gasteiger charge is 2.09. The van der Waals surface area contributed by atoms with E-state index in [9.17, 15) is 0 Å². The fraction of sp³-hybridized carbons (Fsp3) is 0.125. The van der Waals surface area contributed by atoms with Gasteiger partial charge in [0.25, 0.3) is 0 Å². The van der Waals surface area contributed by atoms with E-state index in [4.69, 9.17) is 23.8 Å². The maximum Gasteiger partial charge on any atom is 0.198 e. The Hall–Kier alpha value is -1.56. The van der Waals surface area contributed by atoms with Crippen LogP contribution in [-0.4, -0.2) is 14.3 Å². The molecule has 1 heterocycles. The quantitative estimate of drug-likeness (QED) is 0.488. The molecular formula is C16H14ClN3S2. The van der Waals surface area contributed by atoms with Crippen LogP contribution >= 0.6 is 35.6 Å². The van der Waals surface area contributed by atoms with Crippen molar-refractivity contribution in [2.45, 2.75) is 10.8 Å². The molecule has 0 atom stereocenters. The minimum Gasteiger partial charge on any atom is -0.303 e. The number of hydrogen-bond donors (Lipinski definition) is 0. The largest absolute Gasteiger partial charge is 0.303 e. The highest BCUT2D eigenvalue weighted by atomic mass is 35.5. The average molecular weight is 348 g/mol. The summed E-state index contributed by atoms with van der Waals surface area (Å²) in [5.41, 5.74) is 1.06. The lowest BCUT2D eigenvalue weighted by atomic mass is 10.2. The van der Waals surface area contributed by atoms with E-state index < -0.39 is 0 Å². The molecule has 1 aromatic heterocycles. The zero-order chi connectivity index (χ0) is 15.5. The molecule has 0 bridgehead atoms. The van der Waals surface area contributed by atoms with E-state index in [0.29, 0.717) is 10.6 Å². The van der Waals surface area contributed by atoms with Crippen molar-refractivity contribution in [3.8, 4) is 11.4 Å². The van der Waals surface area contributed by atoms with Gasteiger partial charge in [-0.05, 0) is 36.5 Å². The minimum absolute atomic E-state index is 0.668. The van der Waals surface area contributed by atoms with Crippen molar-refractivity contribution in [2.75, 3.05) is 0 Å². The Morgan fingerprint density at radius 3 is 2.45 bits per heavy atom. The number of aromatic nitrogens is 3. The number of halogens is 1. The predicted octanol–water partition coefficient (Wildman–Crippen LogP) is 5.02. The summed E-state index contributed by atoms with van der Waals surface area (Å²) in [6.45, 7) is 0. The molecule has 0 aliphatic rings. The van der Waals surface area contributed by atoms with Gasteiger partial charge in [-0.25, -0.2) is 4.68 Å². The lowest BCUT2D eigenvalue weighted by Gasteiger charge is -2.01. The standard InChI is InChI=1S/C16H14ClN3S2/c1-19-15(12-5-3-2-4-6-12)18-20(16(19)21)11-22-14-9-7-13(17)8-10-14/h2-10H,11H2,1H3. The van der Waals surface area contributed by atoms with Gasteiger partial charge in [0, 0.05) is 22.5 Å². The molecular weight excluding hydrogens is 334 g/mol. The monoisotopic (exact) mass is 347 g/mol. The van der Waals surface area contributed by atoms with E-state index in [1.54, 1.807) is 11.8 Å². The Balaban J connectivity index is 1.83. The lowest BCUT2D eigenvalue weighted by Crippen LogP contribution is -1.97. The van der Waals surface area contributed by atoms with Crippen molar-refractivity contribution in [1.82, 2.24) is 14.3 Å². The summed E-state index contributed by atoms with van der Waals surface area (Å²) in [4.78, 5) is 1.14. The Bertz CT molecular complexity index is 823. The van der Waals surface area contributed by atoms with Crippen molar-refractivity contribution in [2.24, 2.45) is 7.05 Å². The number of nitrogens with zero attached hydrogens (tertiary/aromatic N) is 3. The molecule has 6 heteroatoms. The van der Waals surface area contributed by atoms with Crippen LogP contribution in [0.1, 0.15) is 0 Å². The van der Waals surface area contributed by atoms with Gasteiger partial charge in [0.2, 0.25) is 0 Å². The fourth-order valence-corrected chi connectivity index (χ4v) is 3.26. The second-order valence-electron chi connectivity index (χ2n) is 4.76. The molecule has 0 amide bonds. The zero-order valence-electron chi connectivity index (χ0n) is 11.9. The summed E-state index contributed by atoms with van der Waals surface area (Å²) in [6.07, 6.45) is 0. The molecule has 0 aliphatic heterocycles. The van der Waals surface area contributed by atoms with Gasteiger partial charge in [0.15, 0.2) is 10.6 Å². The highest BCUT2D eigenvalue weighted by Crippen LogP contribution is 2.23. The molecule has 2 aromatic carbocycles. The van der Waals surface area contributed by atoms with Crippen LogP contribution < -0.4 is 0 Å². The fourth-order valence-electron chi connectivity index (χ4n) is 2.08. The van der Waals surface area contributed by atoms with E-state index in [0.717, 1.165) is 21.3 Å². The van der Waals surface area contributed by atoms with Gasteiger partial charge in [-0.2, -0.15) is 5.10 Å². The van der Waals surface area contributed by atoms with Gasteiger partial charge in [-0.15, -0.1) is 11.8 Å². The molecule has 3 aromatic rings.